The smallest absolute Gasteiger partial charge is 0.298 e. The van der Waals surface area contributed by atoms with Crippen LogP contribution in [0.15, 0.2) is 22.6 Å². The fourth-order valence-corrected chi connectivity index (χ4v) is 2.16. The molecule has 0 radical (unpaired) electrons. The van der Waals surface area contributed by atoms with Crippen molar-refractivity contribution in [2.24, 2.45) is 0 Å². The van der Waals surface area contributed by atoms with Crippen molar-refractivity contribution in [1.29, 1.82) is 0 Å². The van der Waals surface area contributed by atoms with Gasteiger partial charge in [0.2, 0.25) is 0 Å². The third-order valence-electron chi connectivity index (χ3n) is 3.15. The highest BCUT2D eigenvalue weighted by Crippen LogP contribution is 2.26. The van der Waals surface area contributed by atoms with Gasteiger partial charge in [0.25, 0.3) is 6.01 Å². The van der Waals surface area contributed by atoms with Crippen LogP contribution in [0.5, 0.6) is 0 Å². The fraction of sp³-hybridized carbons (Fsp3) is 0.417. The Morgan fingerprint density at radius 2 is 2.41 bits per heavy atom. The molecule has 5 nitrogen and oxygen atoms in total. The summed E-state index contributed by atoms with van der Waals surface area (Å²) in [5.41, 5.74) is 7.98. The van der Waals surface area contributed by atoms with E-state index < -0.39 is 0 Å². The van der Waals surface area contributed by atoms with Gasteiger partial charge in [-0.15, -0.1) is 0 Å². The van der Waals surface area contributed by atoms with Crippen LogP contribution in [-0.4, -0.2) is 31.3 Å². The highest BCUT2D eigenvalue weighted by molar-refractivity contribution is 5.78. The Bertz CT molecular complexity index is 538. The van der Waals surface area contributed by atoms with Crippen LogP contribution in [0.1, 0.15) is 6.42 Å². The molecule has 0 amide bonds. The third-order valence-corrected chi connectivity index (χ3v) is 3.15. The number of benzene rings is 1. The SMILES string of the molecule is COC1CCN(c2nc3ccc(N)cc3o2)C1. The quantitative estimate of drug-likeness (QED) is 0.799. The Hall–Kier alpha value is -1.75. The molecule has 1 unspecified atom stereocenters. The first-order chi connectivity index (χ1) is 8.26. The standard InChI is InChI=1S/C12H15N3O2/c1-16-9-4-5-15(7-9)12-14-10-3-2-8(13)6-11(10)17-12/h2-3,6,9H,4-5,7,13H2,1H3. The molecule has 0 bridgehead atoms. The second kappa shape index (κ2) is 3.92. The van der Waals surface area contributed by atoms with Gasteiger partial charge in [-0.25, -0.2) is 0 Å². The maximum Gasteiger partial charge on any atom is 0.298 e. The Balaban J connectivity index is 1.91. The van der Waals surface area contributed by atoms with Gasteiger partial charge in [0.1, 0.15) is 5.52 Å². The summed E-state index contributed by atoms with van der Waals surface area (Å²) in [6.45, 7) is 1.75. The molecule has 1 saturated heterocycles. The number of aromatic nitrogens is 1. The van der Waals surface area contributed by atoms with Crippen molar-refractivity contribution in [2.75, 3.05) is 30.8 Å². The monoisotopic (exact) mass is 233 g/mol. The van der Waals surface area contributed by atoms with Gasteiger partial charge in [-0.2, -0.15) is 4.98 Å². The first-order valence-corrected chi connectivity index (χ1v) is 5.70. The first kappa shape index (κ1) is 10.4. The molecule has 90 valence electrons. The fourth-order valence-electron chi connectivity index (χ4n) is 2.16. The summed E-state index contributed by atoms with van der Waals surface area (Å²) in [5.74, 6) is 0. The van der Waals surface area contributed by atoms with E-state index in [2.05, 4.69) is 9.88 Å². The lowest BCUT2D eigenvalue weighted by atomic mass is 10.3. The van der Waals surface area contributed by atoms with Gasteiger partial charge >= 0.3 is 0 Å². The summed E-state index contributed by atoms with van der Waals surface area (Å²) in [5, 5.41) is 0. The van der Waals surface area contributed by atoms with Crippen molar-refractivity contribution in [2.45, 2.75) is 12.5 Å². The lowest BCUT2D eigenvalue weighted by Crippen LogP contribution is -2.22. The number of ether oxygens (including phenoxy) is 1. The molecule has 3 rings (SSSR count). The number of rotatable bonds is 2. The summed E-state index contributed by atoms with van der Waals surface area (Å²) in [6, 6.07) is 6.17. The molecule has 0 aliphatic carbocycles. The average Bonchev–Trinajstić information content (AvgIpc) is 2.93. The lowest BCUT2D eigenvalue weighted by molar-refractivity contribution is 0.121. The first-order valence-electron chi connectivity index (χ1n) is 5.70. The van der Waals surface area contributed by atoms with Gasteiger partial charge in [0.05, 0.1) is 6.10 Å². The van der Waals surface area contributed by atoms with Gasteiger partial charge in [-0.05, 0) is 18.6 Å². The molecule has 2 aromatic rings. The van der Waals surface area contributed by atoms with E-state index in [9.17, 15) is 0 Å². The molecule has 1 aliphatic heterocycles. The van der Waals surface area contributed by atoms with Gasteiger partial charge < -0.3 is 19.8 Å². The number of nitrogens with zero attached hydrogens (tertiary/aromatic N) is 2. The lowest BCUT2D eigenvalue weighted by Gasteiger charge is -2.12. The summed E-state index contributed by atoms with van der Waals surface area (Å²) in [6.07, 6.45) is 1.28. The molecule has 1 aliphatic rings. The molecule has 1 aromatic carbocycles. The minimum Gasteiger partial charge on any atom is -0.423 e. The maximum absolute atomic E-state index is 5.71. The van der Waals surface area contributed by atoms with E-state index in [1.807, 2.05) is 12.1 Å². The molecule has 1 fully saturated rings. The van der Waals surface area contributed by atoms with Crippen molar-refractivity contribution in [1.82, 2.24) is 4.98 Å². The van der Waals surface area contributed by atoms with E-state index in [0.717, 1.165) is 30.6 Å². The highest BCUT2D eigenvalue weighted by atomic mass is 16.5. The van der Waals surface area contributed by atoms with Gasteiger partial charge in [0.15, 0.2) is 5.58 Å². The van der Waals surface area contributed by atoms with E-state index in [-0.39, 0.29) is 6.10 Å². The Morgan fingerprint density at radius 1 is 1.53 bits per heavy atom. The highest BCUT2D eigenvalue weighted by Gasteiger charge is 2.25. The number of methoxy groups -OCH3 is 1. The molecular formula is C12H15N3O2. The average molecular weight is 233 g/mol. The van der Waals surface area contributed by atoms with Crippen molar-refractivity contribution in [3.8, 4) is 0 Å². The zero-order chi connectivity index (χ0) is 11.8. The Kier molecular flexibility index (Phi) is 2.40. The topological polar surface area (TPSA) is 64.5 Å². The van der Waals surface area contributed by atoms with Crippen LogP contribution in [0.4, 0.5) is 11.7 Å². The van der Waals surface area contributed by atoms with Crippen LogP contribution in [0, 0.1) is 0 Å². The molecule has 0 saturated carbocycles. The number of fused-ring (bicyclic) bond motifs is 1. The summed E-state index contributed by atoms with van der Waals surface area (Å²) in [4.78, 5) is 6.55. The third kappa shape index (κ3) is 1.82. The maximum atomic E-state index is 5.71. The second-order valence-electron chi connectivity index (χ2n) is 4.32. The van der Waals surface area contributed by atoms with Crippen LogP contribution >= 0.6 is 0 Å². The van der Waals surface area contributed by atoms with Gasteiger partial charge in [-0.3, -0.25) is 0 Å². The summed E-state index contributed by atoms with van der Waals surface area (Å²) in [7, 11) is 1.74. The van der Waals surface area contributed by atoms with E-state index in [1.165, 1.54) is 0 Å². The number of nitrogen functional groups attached to an aromatic ring is 1. The molecular weight excluding hydrogens is 218 g/mol. The number of hydrogen-bond acceptors (Lipinski definition) is 5. The van der Waals surface area contributed by atoms with Gasteiger partial charge in [0, 0.05) is 32.0 Å². The second-order valence-corrected chi connectivity index (χ2v) is 4.32. The number of nitrogens with two attached hydrogens (primary N) is 1. The largest absolute Gasteiger partial charge is 0.423 e. The van der Waals surface area contributed by atoms with Crippen molar-refractivity contribution < 1.29 is 9.15 Å². The van der Waals surface area contributed by atoms with Crippen molar-refractivity contribution in [3.05, 3.63) is 18.2 Å². The summed E-state index contributed by atoms with van der Waals surface area (Å²) < 4.78 is 11.0. The zero-order valence-corrected chi connectivity index (χ0v) is 9.72. The molecule has 2 N–H and O–H groups in total. The van der Waals surface area contributed by atoms with Crippen molar-refractivity contribution >= 4 is 22.8 Å². The molecule has 17 heavy (non-hydrogen) atoms. The number of anilines is 2. The number of hydrogen-bond donors (Lipinski definition) is 1. The van der Waals surface area contributed by atoms with Crippen LogP contribution < -0.4 is 10.6 Å². The van der Waals surface area contributed by atoms with Gasteiger partial charge in [-0.1, -0.05) is 0 Å². The Morgan fingerprint density at radius 3 is 3.18 bits per heavy atom. The molecule has 5 heteroatoms. The van der Waals surface area contributed by atoms with E-state index in [0.29, 0.717) is 11.7 Å². The summed E-state index contributed by atoms with van der Waals surface area (Å²) >= 11 is 0. The van der Waals surface area contributed by atoms with Crippen LogP contribution in [0.3, 0.4) is 0 Å². The molecule has 1 atom stereocenters. The van der Waals surface area contributed by atoms with Crippen LogP contribution in [0.2, 0.25) is 0 Å². The van der Waals surface area contributed by atoms with Crippen LogP contribution in [0.25, 0.3) is 11.1 Å². The van der Waals surface area contributed by atoms with Crippen molar-refractivity contribution in [3.63, 3.8) is 0 Å². The van der Waals surface area contributed by atoms with E-state index in [1.54, 1.807) is 13.2 Å². The normalized spacial score (nSPS) is 20.3. The van der Waals surface area contributed by atoms with Crippen LogP contribution in [-0.2, 0) is 4.74 Å². The zero-order valence-electron chi connectivity index (χ0n) is 9.72. The Labute approximate surface area is 99.2 Å². The minimum atomic E-state index is 0.273. The molecule has 2 heterocycles. The van der Waals surface area contributed by atoms with E-state index in [4.69, 9.17) is 14.9 Å². The predicted molar refractivity (Wildman–Crippen MR) is 66.0 cm³/mol. The predicted octanol–water partition coefficient (Wildman–Crippen LogP) is 1.64. The molecule has 0 spiro atoms. The minimum absolute atomic E-state index is 0.273. The molecule has 1 aromatic heterocycles. The number of oxazole rings is 1. The van der Waals surface area contributed by atoms with E-state index >= 15 is 0 Å².